The molecule has 1 saturated heterocycles. The Balaban J connectivity index is 1.57. The van der Waals surface area contributed by atoms with Gasteiger partial charge in [0.05, 0.1) is 0 Å². The van der Waals surface area contributed by atoms with Crippen LogP contribution in [0.25, 0.3) is 0 Å². The quantitative estimate of drug-likeness (QED) is 0.918. The standard InChI is InChI=1S/C16H23NO3/c1-12(17-11-13-4-6-18-7-5-13)14-2-3-15-16(10-14)20-9-8-19-15/h2-3,10,12-13,17H,4-9,11H2,1H3. The zero-order valence-corrected chi connectivity index (χ0v) is 12.1. The Morgan fingerprint density at radius 2 is 1.85 bits per heavy atom. The van der Waals surface area contributed by atoms with Gasteiger partial charge >= 0.3 is 0 Å². The van der Waals surface area contributed by atoms with Crippen molar-refractivity contribution in [3.8, 4) is 11.5 Å². The first-order valence-electron chi connectivity index (χ1n) is 7.53. The molecular weight excluding hydrogens is 254 g/mol. The molecule has 4 heteroatoms. The fraction of sp³-hybridized carbons (Fsp3) is 0.625. The average Bonchev–Trinajstić information content (AvgIpc) is 2.53. The molecule has 0 aliphatic carbocycles. The molecule has 0 aromatic heterocycles. The third-order valence-corrected chi connectivity index (χ3v) is 4.12. The third kappa shape index (κ3) is 3.25. The van der Waals surface area contributed by atoms with E-state index in [9.17, 15) is 0 Å². The molecule has 1 aromatic rings. The van der Waals surface area contributed by atoms with Crippen LogP contribution < -0.4 is 14.8 Å². The van der Waals surface area contributed by atoms with Crippen molar-refractivity contribution in [2.75, 3.05) is 33.0 Å². The van der Waals surface area contributed by atoms with E-state index in [0.717, 1.165) is 37.2 Å². The van der Waals surface area contributed by atoms with Crippen LogP contribution in [0.2, 0.25) is 0 Å². The van der Waals surface area contributed by atoms with Crippen molar-refractivity contribution in [3.05, 3.63) is 23.8 Å². The molecule has 110 valence electrons. The highest BCUT2D eigenvalue weighted by atomic mass is 16.6. The molecule has 1 N–H and O–H groups in total. The van der Waals surface area contributed by atoms with Crippen molar-refractivity contribution in [2.24, 2.45) is 5.92 Å². The molecule has 0 saturated carbocycles. The van der Waals surface area contributed by atoms with Crippen molar-refractivity contribution in [2.45, 2.75) is 25.8 Å². The van der Waals surface area contributed by atoms with Gasteiger partial charge in [-0.1, -0.05) is 6.07 Å². The van der Waals surface area contributed by atoms with E-state index in [0.29, 0.717) is 19.3 Å². The van der Waals surface area contributed by atoms with E-state index in [-0.39, 0.29) is 0 Å². The lowest BCUT2D eigenvalue weighted by atomic mass is 9.99. The van der Waals surface area contributed by atoms with Gasteiger partial charge in [0, 0.05) is 19.3 Å². The van der Waals surface area contributed by atoms with Gasteiger partial charge in [-0.05, 0) is 49.9 Å². The summed E-state index contributed by atoms with van der Waals surface area (Å²) in [4.78, 5) is 0. The van der Waals surface area contributed by atoms with Gasteiger partial charge < -0.3 is 19.5 Å². The Hall–Kier alpha value is -1.26. The molecule has 2 heterocycles. The van der Waals surface area contributed by atoms with E-state index in [2.05, 4.69) is 24.4 Å². The Morgan fingerprint density at radius 1 is 1.10 bits per heavy atom. The lowest BCUT2D eigenvalue weighted by Gasteiger charge is -2.25. The highest BCUT2D eigenvalue weighted by molar-refractivity contribution is 5.44. The number of hydrogen-bond acceptors (Lipinski definition) is 4. The minimum Gasteiger partial charge on any atom is -0.486 e. The first-order chi connectivity index (χ1) is 9.83. The molecule has 0 bridgehead atoms. The summed E-state index contributed by atoms with van der Waals surface area (Å²) in [5.74, 6) is 2.47. The van der Waals surface area contributed by atoms with Crippen molar-refractivity contribution in [1.82, 2.24) is 5.32 Å². The number of hydrogen-bond donors (Lipinski definition) is 1. The number of nitrogens with one attached hydrogen (secondary N) is 1. The monoisotopic (exact) mass is 277 g/mol. The molecule has 2 aliphatic heterocycles. The van der Waals surface area contributed by atoms with Crippen LogP contribution in [0.3, 0.4) is 0 Å². The van der Waals surface area contributed by atoms with Crippen LogP contribution in [0.1, 0.15) is 31.4 Å². The fourth-order valence-electron chi connectivity index (χ4n) is 2.74. The smallest absolute Gasteiger partial charge is 0.161 e. The molecule has 0 spiro atoms. The predicted molar refractivity (Wildman–Crippen MR) is 77.4 cm³/mol. The molecule has 2 aliphatic rings. The van der Waals surface area contributed by atoms with Crippen molar-refractivity contribution >= 4 is 0 Å². The van der Waals surface area contributed by atoms with Gasteiger partial charge in [0.1, 0.15) is 13.2 Å². The lowest BCUT2D eigenvalue weighted by molar-refractivity contribution is 0.0656. The van der Waals surface area contributed by atoms with E-state index in [4.69, 9.17) is 14.2 Å². The SMILES string of the molecule is CC(NCC1CCOCC1)c1ccc2c(c1)OCCO2. The summed E-state index contributed by atoms with van der Waals surface area (Å²) in [6.07, 6.45) is 2.34. The van der Waals surface area contributed by atoms with E-state index >= 15 is 0 Å². The maximum Gasteiger partial charge on any atom is 0.161 e. The fourth-order valence-corrected chi connectivity index (χ4v) is 2.74. The van der Waals surface area contributed by atoms with Crippen molar-refractivity contribution < 1.29 is 14.2 Å². The van der Waals surface area contributed by atoms with Crippen LogP contribution in [0.5, 0.6) is 11.5 Å². The number of ether oxygens (including phenoxy) is 3. The molecule has 0 amide bonds. The van der Waals surface area contributed by atoms with Crippen LogP contribution in [0, 0.1) is 5.92 Å². The van der Waals surface area contributed by atoms with Crippen LogP contribution in [0.15, 0.2) is 18.2 Å². The molecular formula is C16H23NO3. The summed E-state index contributed by atoms with van der Waals surface area (Å²) in [7, 11) is 0. The first-order valence-corrected chi connectivity index (χ1v) is 7.53. The molecule has 20 heavy (non-hydrogen) atoms. The van der Waals surface area contributed by atoms with Crippen molar-refractivity contribution in [1.29, 1.82) is 0 Å². The average molecular weight is 277 g/mol. The zero-order valence-electron chi connectivity index (χ0n) is 12.1. The second kappa shape index (κ2) is 6.46. The topological polar surface area (TPSA) is 39.7 Å². The second-order valence-electron chi connectivity index (χ2n) is 5.59. The second-order valence-corrected chi connectivity index (χ2v) is 5.59. The Kier molecular flexibility index (Phi) is 4.43. The van der Waals surface area contributed by atoms with E-state index in [1.54, 1.807) is 0 Å². The lowest BCUT2D eigenvalue weighted by Crippen LogP contribution is -2.29. The number of fused-ring (bicyclic) bond motifs is 1. The van der Waals surface area contributed by atoms with E-state index in [1.807, 2.05) is 6.07 Å². The Labute approximate surface area is 120 Å². The summed E-state index contributed by atoms with van der Waals surface area (Å²) >= 11 is 0. The predicted octanol–water partition coefficient (Wildman–Crippen LogP) is 2.54. The third-order valence-electron chi connectivity index (χ3n) is 4.12. The first kappa shape index (κ1) is 13.7. The Morgan fingerprint density at radius 3 is 2.65 bits per heavy atom. The Bertz CT molecular complexity index is 443. The van der Waals surface area contributed by atoms with Crippen LogP contribution in [-0.4, -0.2) is 33.0 Å². The van der Waals surface area contributed by atoms with Gasteiger partial charge in [-0.2, -0.15) is 0 Å². The number of rotatable bonds is 4. The minimum atomic E-state index is 0.327. The van der Waals surface area contributed by atoms with Gasteiger partial charge in [-0.15, -0.1) is 0 Å². The van der Waals surface area contributed by atoms with Crippen LogP contribution in [-0.2, 0) is 4.74 Å². The van der Waals surface area contributed by atoms with Crippen LogP contribution in [0.4, 0.5) is 0 Å². The normalized spacial score (nSPS) is 20.6. The molecule has 0 radical (unpaired) electrons. The van der Waals surface area contributed by atoms with Crippen LogP contribution >= 0.6 is 0 Å². The summed E-state index contributed by atoms with van der Waals surface area (Å²) in [5.41, 5.74) is 1.25. The summed E-state index contributed by atoms with van der Waals surface area (Å²) in [6.45, 7) is 6.35. The number of benzene rings is 1. The molecule has 3 rings (SSSR count). The van der Waals surface area contributed by atoms with Gasteiger partial charge in [-0.3, -0.25) is 0 Å². The maximum atomic E-state index is 5.64. The van der Waals surface area contributed by atoms with Gasteiger partial charge in [-0.25, -0.2) is 0 Å². The highest BCUT2D eigenvalue weighted by Gasteiger charge is 2.17. The maximum absolute atomic E-state index is 5.64. The molecule has 1 aromatic carbocycles. The summed E-state index contributed by atoms with van der Waals surface area (Å²) in [5, 5.41) is 3.62. The molecule has 4 nitrogen and oxygen atoms in total. The molecule has 1 atom stereocenters. The largest absolute Gasteiger partial charge is 0.486 e. The highest BCUT2D eigenvalue weighted by Crippen LogP contribution is 2.32. The molecule has 1 unspecified atom stereocenters. The minimum absolute atomic E-state index is 0.327. The summed E-state index contributed by atoms with van der Waals surface area (Å²) < 4.78 is 16.6. The van der Waals surface area contributed by atoms with Crippen molar-refractivity contribution in [3.63, 3.8) is 0 Å². The van der Waals surface area contributed by atoms with E-state index < -0.39 is 0 Å². The van der Waals surface area contributed by atoms with Gasteiger partial charge in [0.25, 0.3) is 0 Å². The zero-order chi connectivity index (χ0) is 13.8. The van der Waals surface area contributed by atoms with Gasteiger partial charge in [0.15, 0.2) is 11.5 Å². The van der Waals surface area contributed by atoms with Gasteiger partial charge in [0.2, 0.25) is 0 Å². The molecule has 1 fully saturated rings. The summed E-state index contributed by atoms with van der Waals surface area (Å²) in [6, 6.07) is 6.55. The van der Waals surface area contributed by atoms with E-state index in [1.165, 1.54) is 18.4 Å².